The van der Waals surface area contributed by atoms with Gasteiger partial charge in [0.1, 0.15) is 5.84 Å². The molecule has 134 valence electrons. The molecule has 0 fully saturated rings. The molecule has 0 aromatic carbocycles. The van der Waals surface area contributed by atoms with Gasteiger partial charge in [0, 0.05) is 13.6 Å². The minimum atomic E-state index is 0.967. The molecular formula is C21H40N2. The van der Waals surface area contributed by atoms with Gasteiger partial charge in [-0.1, -0.05) is 90.0 Å². The van der Waals surface area contributed by atoms with Crippen LogP contribution in [0.15, 0.2) is 17.1 Å². The van der Waals surface area contributed by atoms with Crippen LogP contribution in [0, 0.1) is 0 Å². The number of amidine groups is 1. The fourth-order valence-corrected chi connectivity index (χ4v) is 3.20. The Morgan fingerprint density at radius 2 is 1.35 bits per heavy atom. The van der Waals surface area contributed by atoms with Gasteiger partial charge in [-0.2, -0.15) is 0 Å². The number of likely N-dealkylation sites (N-methyl/N-ethyl adjacent to an activating group) is 1. The first-order chi connectivity index (χ1) is 11.3. The van der Waals surface area contributed by atoms with E-state index in [4.69, 9.17) is 0 Å². The van der Waals surface area contributed by atoms with Crippen LogP contribution in [0.25, 0.3) is 0 Å². The van der Waals surface area contributed by atoms with Crippen LogP contribution in [-0.2, 0) is 0 Å². The van der Waals surface area contributed by atoms with E-state index in [0.717, 1.165) is 13.1 Å². The number of aliphatic imine (C=N–C) groups is 1. The second-order valence-electron chi connectivity index (χ2n) is 7.10. The fourth-order valence-electron chi connectivity index (χ4n) is 3.20. The van der Waals surface area contributed by atoms with Crippen molar-refractivity contribution in [2.45, 2.75) is 96.8 Å². The summed E-state index contributed by atoms with van der Waals surface area (Å²) in [7, 11) is 2.13. The predicted molar refractivity (Wildman–Crippen MR) is 104 cm³/mol. The summed E-state index contributed by atoms with van der Waals surface area (Å²) in [5, 5.41) is 0. The Labute approximate surface area is 145 Å². The number of hydrogen-bond acceptors (Lipinski definition) is 2. The summed E-state index contributed by atoms with van der Waals surface area (Å²) < 4.78 is 0. The van der Waals surface area contributed by atoms with Gasteiger partial charge in [0.2, 0.25) is 0 Å². The molecule has 1 heterocycles. The Morgan fingerprint density at radius 1 is 0.826 bits per heavy atom. The first kappa shape index (κ1) is 20.3. The number of hydrogen-bond donors (Lipinski definition) is 0. The normalized spacial score (nSPS) is 14.9. The molecule has 23 heavy (non-hydrogen) atoms. The van der Waals surface area contributed by atoms with Crippen LogP contribution in [-0.4, -0.2) is 30.9 Å². The van der Waals surface area contributed by atoms with Crippen molar-refractivity contribution in [3.8, 4) is 0 Å². The molecular weight excluding hydrogens is 280 g/mol. The van der Waals surface area contributed by atoms with Crippen molar-refractivity contribution >= 4 is 5.84 Å². The topological polar surface area (TPSA) is 15.6 Å². The minimum Gasteiger partial charge on any atom is -0.358 e. The van der Waals surface area contributed by atoms with E-state index < -0.39 is 0 Å². The van der Waals surface area contributed by atoms with Crippen LogP contribution in [0.3, 0.4) is 0 Å². The van der Waals surface area contributed by atoms with Crippen molar-refractivity contribution in [1.29, 1.82) is 0 Å². The highest BCUT2D eigenvalue weighted by molar-refractivity contribution is 5.93. The van der Waals surface area contributed by atoms with Gasteiger partial charge in [-0.25, -0.2) is 0 Å². The van der Waals surface area contributed by atoms with Crippen LogP contribution >= 0.6 is 0 Å². The van der Waals surface area contributed by atoms with Crippen LogP contribution in [0.2, 0.25) is 0 Å². The molecule has 1 aliphatic heterocycles. The standard InChI is InChI=1S/C21H40N2/c1-3-4-5-6-7-8-9-10-11-12-13-14-15-16-17-18-21-22-19-20-23(21)2/h17-18H,3-16,19-20H2,1-2H3/b18-17+. The average molecular weight is 321 g/mol. The molecule has 0 radical (unpaired) electrons. The second-order valence-corrected chi connectivity index (χ2v) is 7.10. The van der Waals surface area contributed by atoms with Crippen LogP contribution in [0.5, 0.6) is 0 Å². The molecule has 0 saturated heterocycles. The van der Waals surface area contributed by atoms with E-state index in [1.165, 1.54) is 95.7 Å². The molecule has 0 bridgehead atoms. The van der Waals surface area contributed by atoms with Crippen LogP contribution in [0.4, 0.5) is 0 Å². The van der Waals surface area contributed by atoms with E-state index >= 15 is 0 Å². The van der Waals surface area contributed by atoms with E-state index in [9.17, 15) is 0 Å². The summed E-state index contributed by atoms with van der Waals surface area (Å²) in [6.45, 7) is 4.34. The van der Waals surface area contributed by atoms with Crippen molar-refractivity contribution in [3.05, 3.63) is 12.2 Å². The number of rotatable bonds is 15. The predicted octanol–water partition coefficient (Wildman–Crippen LogP) is 6.37. The summed E-state index contributed by atoms with van der Waals surface area (Å²) in [6.07, 6.45) is 24.3. The zero-order valence-electron chi connectivity index (χ0n) is 15.9. The summed E-state index contributed by atoms with van der Waals surface area (Å²) in [6, 6.07) is 0. The molecule has 0 aromatic rings. The molecule has 0 N–H and O–H groups in total. The third kappa shape index (κ3) is 11.4. The number of nitrogens with zero attached hydrogens (tertiary/aromatic N) is 2. The Balaban J connectivity index is 1.76. The Bertz CT molecular complexity index is 320. The summed E-state index contributed by atoms with van der Waals surface area (Å²) in [4.78, 5) is 6.71. The molecule has 1 rings (SSSR count). The van der Waals surface area contributed by atoms with Crippen molar-refractivity contribution < 1.29 is 0 Å². The first-order valence-electron chi connectivity index (χ1n) is 10.3. The van der Waals surface area contributed by atoms with Crippen LogP contribution in [0.1, 0.15) is 96.8 Å². The maximum absolute atomic E-state index is 4.48. The van der Waals surface area contributed by atoms with E-state index in [1.807, 2.05) is 0 Å². The lowest BCUT2D eigenvalue weighted by molar-refractivity contribution is 0.540. The molecule has 2 nitrogen and oxygen atoms in total. The van der Waals surface area contributed by atoms with Gasteiger partial charge in [0.25, 0.3) is 0 Å². The SMILES string of the molecule is CCCCCCCCCCCCCCC/C=C/C1=NCCN1C. The van der Waals surface area contributed by atoms with Gasteiger partial charge in [-0.05, 0) is 18.9 Å². The smallest absolute Gasteiger partial charge is 0.122 e. The Hall–Kier alpha value is -0.790. The van der Waals surface area contributed by atoms with Crippen molar-refractivity contribution in [2.75, 3.05) is 20.1 Å². The van der Waals surface area contributed by atoms with Gasteiger partial charge in [-0.3, -0.25) is 4.99 Å². The highest BCUT2D eigenvalue weighted by atomic mass is 15.2. The van der Waals surface area contributed by atoms with Gasteiger partial charge in [0.15, 0.2) is 0 Å². The number of unbranched alkanes of at least 4 members (excludes halogenated alkanes) is 13. The van der Waals surface area contributed by atoms with E-state index in [0.29, 0.717) is 0 Å². The lowest BCUT2D eigenvalue weighted by atomic mass is 10.0. The molecule has 0 atom stereocenters. The third-order valence-corrected chi connectivity index (χ3v) is 4.84. The van der Waals surface area contributed by atoms with Gasteiger partial charge >= 0.3 is 0 Å². The lowest BCUT2D eigenvalue weighted by Gasteiger charge is -2.09. The van der Waals surface area contributed by atoms with Crippen molar-refractivity contribution in [2.24, 2.45) is 4.99 Å². The molecule has 0 aromatic heterocycles. The summed E-state index contributed by atoms with van der Waals surface area (Å²) >= 11 is 0. The lowest BCUT2D eigenvalue weighted by Crippen LogP contribution is -2.20. The van der Waals surface area contributed by atoms with E-state index in [2.05, 4.69) is 36.0 Å². The fraction of sp³-hybridized carbons (Fsp3) is 0.857. The molecule has 1 aliphatic rings. The van der Waals surface area contributed by atoms with E-state index in [-0.39, 0.29) is 0 Å². The quantitative estimate of drug-likeness (QED) is 0.320. The first-order valence-corrected chi connectivity index (χ1v) is 10.3. The largest absolute Gasteiger partial charge is 0.358 e. The van der Waals surface area contributed by atoms with Crippen LogP contribution < -0.4 is 0 Å². The molecule has 0 saturated carbocycles. The molecule has 0 amide bonds. The van der Waals surface area contributed by atoms with Crippen molar-refractivity contribution in [3.63, 3.8) is 0 Å². The highest BCUT2D eigenvalue weighted by Gasteiger charge is 2.07. The maximum Gasteiger partial charge on any atom is 0.122 e. The molecule has 0 aliphatic carbocycles. The van der Waals surface area contributed by atoms with Crippen molar-refractivity contribution in [1.82, 2.24) is 4.90 Å². The zero-order chi connectivity index (χ0) is 16.6. The molecule has 2 heteroatoms. The average Bonchev–Trinajstić information content (AvgIpc) is 2.96. The molecule has 0 spiro atoms. The summed E-state index contributed by atoms with van der Waals surface area (Å²) in [5.74, 6) is 1.17. The maximum atomic E-state index is 4.48. The Morgan fingerprint density at radius 3 is 1.83 bits per heavy atom. The van der Waals surface area contributed by atoms with E-state index in [1.54, 1.807) is 0 Å². The molecule has 0 unspecified atom stereocenters. The van der Waals surface area contributed by atoms with Gasteiger partial charge in [-0.15, -0.1) is 0 Å². The monoisotopic (exact) mass is 320 g/mol. The Kier molecular flexibility index (Phi) is 13.0. The van der Waals surface area contributed by atoms with Gasteiger partial charge in [0.05, 0.1) is 6.54 Å². The third-order valence-electron chi connectivity index (χ3n) is 4.84. The number of allylic oxidation sites excluding steroid dienone is 1. The minimum absolute atomic E-state index is 0.967. The summed E-state index contributed by atoms with van der Waals surface area (Å²) in [5.41, 5.74) is 0. The zero-order valence-corrected chi connectivity index (χ0v) is 15.9. The van der Waals surface area contributed by atoms with Gasteiger partial charge < -0.3 is 4.90 Å². The highest BCUT2D eigenvalue weighted by Crippen LogP contribution is 2.13. The second kappa shape index (κ2) is 14.8.